The minimum absolute atomic E-state index is 0.635. The summed E-state index contributed by atoms with van der Waals surface area (Å²) in [5.41, 5.74) is 5.03. The fourth-order valence-corrected chi connectivity index (χ4v) is 4.65. The third kappa shape index (κ3) is 5.33. The number of nitrogens with zero attached hydrogens (tertiary/aromatic N) is 4. The summed E-state index contributed by atoms with van der Waals surface area (Å²) in [6, 6.07) is 23.9. The first-order valence-electron chi connectivity index (χ1n) is 12.6. The van der Waals surface area contributed by atoms with Crippen LogP contribution in [0.15, 0.2) is 97.6 Å². The van der Waals surface area contributed by atoms with Gasteiger partial charge in [0.1, 0.15) is 11.5 Å². The van der Waals surface area contributed by atoms with E-state index in [0.717, 1.165) is 64.9 Å². The van der Waals surface area contributed by atoms with Crippen molar-refractivity contribution in [3.05, 3.63) is 103 Å². The molecule has 4 aromatic rings. The molecule has 5 rings (SSSR count). The summed E-state index contributed by atoms with van der Waals surface area (Å²) in [4.78, 5) is 13.7. The maximum atomic E-state index is 14.6. The molecule has 0 atom stereocenters. The third-order valence-electron chi connectivity index (χ3n) is 6.71. The lowest BCUT2D eigenvalue weighted by molar-refractivity contribution is 0.221. The van der Waals surface area contributed by atoms with Crippen molar-refractivity contribution in [1.29, 1.82) is 0 Å². The lowest BCUT2D eigenvalue weighted by Crippen LogP contribution is -2.28. The molecule has 0 aliphatic carbocycles. The van der Waals surface area contributed by atoms with Crippen LogP contribution in [0, 0.1) is 0 Å². The average Bonchev–Trinajstić information content (AvgIpc) is 3.07. The van der Waals surface area contributed by atoms with E-state index in [1.54, 1.807) is 20.0 Å². The number of benzene rings is 2. The van der Waals surface area contributed by atoms with Crippen LogP contribution < -0.4 is 15.1 Å². The summed E-state index contributed by atoms with van der Waals surface area (Å²) in [7, 11) is 2.09. The molecule has 0 saturated carbocycles. The van der Waals surface area contributed by atoms with E-state index in [1.165, 1.54) is 0 Å². The number of hydrogen-bond acceptors (Lipinski definition) is 5. The van der Waals surface area contributed by atoms with E-state index < -0.39 is 5.67 Å². The first kappa shape index (κ1) is 24.5. The molecule has 1 aliphatic heterocycles. The highest BCUT2D eigenvalue weighted by Gasteiger charge is 2.24. The number of alkyl halides is 1. The molecule has 5 nitrogen and oxygen atoms in total. The molecule has 0 bridgehead atoms. The van der Waals surface area contributed by atoms with Gasteiger partial charge in [-0.25, -0.2) is 9.37 Å². The standard InChI is InChI=1S/C31H32FN5/c1-22(34-27-13-6-9-23(20-27)25-11-7-16-33-21-25)37-18-8-17-36(4)29-15-14-28(35-30(29)37)24-10-5-12-26(19-24)31(2,3)32/h5-7,9-16,19-21,34H,1,8,17-18H2,2-4H3. The zero-order valence-electron chi connectivity index (χ0n) is 21.6. The zero-order chi connectivity index (χ0) is 26.0. The lowest BCUT2D eigenvalue weighted by atomic mass is 9.97. The predicted molar refractivity (Wildman–Crippen MR) is 151 cm³/mol. The molecule has 3 heterocycles. The largest absolute Gasteiger partial charge is 0.372 e. The van der Waals surface area contributed by atoms with Crippen LogP contribution in [0.3, 0.4) is 0 Å². The molecule has 0 saturated heterocycles. The predicted octanol–water partition coefficient (Wildman–Crippen LogP) is 7.24. The first-order chi connectivity index (χ1) is 17.8. The Bertz CT molecular complexity index is 1410. The van der Waals surface area contributed by atoms with Gasteiger partial charge in [-0.15, -0.1) is 0 Å². The summed E-state index contributed by atoms with van der Waals surface area (Å²) in [6.07, 6.45) is 4.60. The lowest BCUT2D eigenvalue weighted by Gasteiger charge is -2.28. The minimum Gasteiger partial charge on any atom is -0.372 e. The molecule has 1 aliphatic rings. The number of rotatable bonds is 6. The molecule has 37 heavy (non-hydrogen) atoms. The maximum Gasteiger partial charge on any atom is 0.158 e. The van der Waals surface area contributed by atoms with Crippen molar-refractivity contribution in [1.82, 2.24) is 9.97 Å². The van der Waals surface area contributed by atoms with E-state index in [9.17, 15) is 4.39 Å². The van der Waals surface area contributed by atoms with E-state index in [0.29, 0.717) is 5.56 Å². The molecule has 0 fully saturated rings. The molecular weight excluding hydrogens is 461 g/mol. The third-order valence-corrected chi connectivity index (χ3v) is 6.71. The highest BCUT2D eigenvalue weighted by atomic mass is 19.1. The molecule has 188 valence electrons. The second-order valence-electron chi connectivity index (χ2n) is 9.91. The van der Waals surface area contributed by atoms with Crippen LogP contribution in [0.25, 0.3) is 22.4 Å². The zero-order valence-corrected chi connectivity index (χ0v) is 21.6. The summed E-state index contributed by atoms with van der Waals surface area (Å²) in [5, 5.41) is 3.50. The van der Waals surface area contributed by atoms with Crippen molar-refractivity contribution >= 4 is 17.2 Å². The van der Waals surface area contributed by atoms with Crippen molar-refractivity contribution < 1.29 is 4.39 Å². The normalized spacial score (nSPS) is 13.6. The van der Waals surface area contributed by atoms with Gasteiger partial charge in [0.05, 0.1) is 11.4 Å². The number of hydrogen-bond donors (Lipinski definition) is 1. The van der Waals surface area contributed by atoms with Gasteiger partial charge in [-0.1, -0.05) is 43.0 Å². The van der Waals surface area contributed by atoms with Gasteiger partial charge in [0, 0.05) is 49.3 Å². The Hall–Kier alpha value is -4.19. The summed E-state index contributed by atoms with van der Waals surface area (Å²) in [6.45, 7) is 9.23. The average molecular weight is 494 g/mol. The molecule has 0 unspecified atom stereocenters. The Morgan fingerprint density at radius 3 is 2.51 bits per heavy atom. The second kappa shape index (κ2) is 10.1. The van der Waals surface area contributed by atoms with Crippen molar-refractivity contribution in [3.63, 3.8) is 0 Å². The number of halogens is 1. The molecule has 0 radical (unpaired) electrons. The van der Waals surface area contributed by atoms with Crippen LogP contribution in [-0.4, -0.2) is 30.1 Å². The van der Waals surface area contributed by atoms with Gasteiger partial charge in [-0.3, -0.25) is 4.98 Å². The maximum absolute atomic E-state index is 14.6. The van der Waals surface area contributed by atoms with Crippen LogP contribution in [0.4, 0.5) is 21.6 Å². The molecule has 0 spiro atoms. The second-order valence-corrected chi connectivity index (χ2v) is 9.91. The van der Waals surface area contributed by atoms with Crippen molar-refractivity contribution in [2.75, 3.05) is 35.3 Å². The van der Waals surface area contributed by atoms with Gasteiger partial charge >= 0.3 is 0 Å². The monoisotopic (exact) mass is 493 g/mol. The van der Waals surface area contributed by atoms with Gasteiger partial charge in [0.2, 0.25) is 0 Å². The van der Waals surface area contributed by atoms with Crippen molar-refractivity contribution in [2.45, 2.75) is 25.9 Å². The molecule has 2 aromatic heterocycles. The van der Waals surface area contributed by atoms with Gasteiger partial charge in [-0.2, -0.15) is 0 Å². The van der Waals surface area contributed by atoms with E-state index in [2.05, 4.69) is 51.9 Å². The Labute approximate surface area is 218 Å². The van der Waals surface area contributed by atoms with Crippen LogP contribution in [0.1, 0.15) is 25.8 Å². The van der Waals surface area contributed by atoms with Gasteiger partial charge in [-0.05, 0) is 67.8 Å². The fourth-order valence-electron chi connectivity index (χ4n) is 4.65. The van der Waals surface area contributed by atoms with Crippen molar-refractivity contribution in [2.24, 2.45) is 0 Å². The number of pyridine rings is 2. The molecule has 1 N–H and O–H groups in total. The highest BCUT2D eigenvalue weighted by molar-refractivity contribution is 5.76. The topological polar surface area (TPSA) is 44.3 Å². The highest BCUT2D eigenvalue weighted by Crippen LogP contribution is 2.36. The van der Waals surface area contributed by atoms with Gasteiger partial charge in [0.25, 0.3) is 0 Å². The number of anilines is 3. The van der Waals surface area contributed by atoms with Crippen LogP contribution in [0.2, 0.25) is 0 Å². The van der Waals surface area contributed by atoms with E-state index >= 15 is 0 Å². The quantitative estimate of drug-likeness (QED) is 0.307. The van der Waals surface area contributed by atoms with E-state index in [-0.39, 0.29) is 0 Å². The first-order valence-corrected chi connectivity index (χ1v) is 12.6. The van der Waals surface area contributed by atoms with Gasteiger partial charge < -0.3 is 15.1 Å². The van der Waals surface area contributed by atoms with Crippen LogP contribution in [0.5, 0.6) is 0 Å². The molecule has 0 amide bonds. The number of nitrogens with one attached hydrogen (secondary N) is 1. The van der Waals surface area contributed by atoms with E-state index in [4.69, 9.17) is 4.98 Å². The van der Waals surface area contributed by atoms with Gasteiger partial charge in [0.15, 0.2) is 5.82 Å². The Morgan fingerprint density at radius 2 is 1.73 bits per heavy atom. The Kier molecular flexibility index (Phi) is 6.66. The molecular formula is C31H32FN5. The summed E-state index contributed by atoms with van der Waals surface area (Å²) >= 11 is 0. The summed E-state index contributed by atoms with van der Waals surface area (Å²) < 4.78 is 14.6. The fraction of sp³-hybridized carbons (Fsp3) is 0.226. The SMILES string of the molecule is C=C(Nc1cccc(-c2cccnc2)c1)N1CCCN(C)c2ccc(-c3cccc(C(C)(C)F)c3)nc21. The van der Waals surface area contributed by atoms with E-state index in [1.807, 2.05) is 60.8 Å². The molecule has 2 aromatic carbocycles. The number of fused-ring (bicyclic) bond motifs is 1. The molecule has 6 heteroatoms. The van der Waals surface area contributed by atoms with Crippen LogP contribution in [-0.2, 0) is 5.67 Å². The minimum atomic E-state index is -1.42. The smallest absolute Gasteiger partial charge is 0.158 e. The Balaban J connectivity index is 1.47. The number of aromatic nitrogens is 2. The summed E-state index contributed by atoms with van der Waals surface area (Å²) in [5.74, 6) is 1.59. The Morgan fingerprint density at radius 1 is 0.946 bits per heavy atom. The van der Waals surface area contributed by atoms with Crippen molar-refractivity contribution in [3.8, 4) is 22.4 Å². The van der Waals surface area contributed by atoms with Crippen LogP contribution >= 0.6 is 0 Å².